The normalized spacial score (nSPS) is 11.3. The lowest BCUT2D eigenvalue weighted by Gasteiger charge is -2.13. The molecule has 0 bridgehead atoms. The molecule has 0 radical (unpaired) electrons. The minimum Gasteiger partial charge on any atom is -0.382 e. The van der Waals surface area contributed by atoms with Crippen molar-refractivity contribution in [3.63, 3.8) is 0 Å². The van der Waals surface area contributed by atoms with Gasteiger partial charge in [0.25, 0.3) is 0 Å². The number of anilines is 4. The number of rotatable bonds is 10. The lowest BCUT2D eigenvalue weighted by Crippen LogP contribution is -2.21. The predicted molar refractivity (Wildman–Crippen MR) is 150 cm³/mol. The molecule has 0 unspecified atom stereocenters. The molecule has 0 aromatic heterocycles. The highest BCUT2D eigenvalue weighted by Crippen LogP contribution is 2.23. The van der Waals surface area contributed by atoms with Crippen LogP contribution in [0.3, 0.4) is 0 Å². The molecule has 39 heavy (non-hydrogen) atoms. The van der Waals surface area contributed by atoms with Gasteiger partial charge in [-0.3, -0.25) is 0 Å². The fourth-order valence-electron chi connectivity index (χ4n) is 3.01. The average Bonchev–Trinajstić information content (AvgIpc) is 2.88. The van der Waals surface area contributed by atoms with E-state index in [0.717, 1.165) is 5.56 Å². The van der Waals surface area contributed by atoms with Crippen LogP contribution in [-0.2, 0) is 20.2 Å². The van der Waals surface area contributed by atoms with Gasteiger partial charge in [0.05, 0.1) is 11.5 Å². The van der Waals surface area contributed by atoms with Gasteiger partial charge in [-0.1, -0.05) is 6.07 Å². The lowest BCUT2D eigenvalue weighted by molar-refractivity contribution is 0.261. The third kappa shape index (κ3) is 9.19. The van der Waals surface area contributed by atoms with E-state index >= 15 is 0 Å². The van der Waals surface area contributed by atoms with E-state index in [9.17, 15) is 26.4 Å². The van der Waals surface area contributed by atoms with Crippen molar-refractivity contribution in [3.8, 4) is 11.5 Å². The average molecular weight is 577 g/mol. The summed E-state index contributed by atoms with van der Waals surface area (Å²) in [5, 5.41) is 10.6. The van der Waals surface area contributed by atoms with Crippen molar-refractivity contribution in [1.82, 2.24) is 0 Å². The smallest absolute Gasteiger partial charge is 0.323 e. The molecule has 4 amide bonds. The molecular weight excluding hydrogens is 548 g/mol. The number of carbonyl (C=O) groups is 2. The summed E-state index contributed by atoms with van der Waals surface area (Å²) >= 11 is 0. The molecule has 0 saturated heterocycles. The molecule has 0 aliphatic heterocycles. The minimum atomic E-state index is -3.65. The molecule has 0 spiro atoms. The van der Waals surface area contributed by atoms with Gasteiger partial charge in [0.1, 0.15) is 11.5 Å². The van der Waals surface area contributed by atoms with Crippen LogP contribution in [0.1, 0.15) is 19.4 Å². The number of urea groups is 2. The molecule has 208 valence electrons. The molecule has 0 fully saturated rings. The Labute approximate surface area is 227 Å². The zero-order valence-corrected chi connectivity index (χ0v) is 23.0. The number of hydrogen-bond donors (Lipinski definition) is 4. The summed E-state index contributed by atoms with van der Waals surface area (Å²) in [6, 6.07) is 15.5. The van der Waals surface area contributed by atoms with Gasteiger partial charge in [-0.25, -0.2) is 9.59 Å². The SMILES string of the molecule is CCS(=O)(=O)Oc1ccc(NC(=O)Nc2ccc(C)c(NC(=O)Nc3ccc(OS(=O)(=O)CC)cc3)c2)cc1. The molecule has 4 N–H and O–H groups in total. The van der Waals surface area contributed by atoms with Crippen LogP contribution >= 0.6 is 0 Å². The third-order valence-electron chi connectivity index (χ3n) is 5.12. The zero-order valence-electron chi connectivity index (χ0n) is 21.3. The second-order valence-corrected chi connectivity index (χ2v) is 11.8. The summed E-state index contributed by atoms with van der Waals surface area (Å²) in [6.45, 7) is 4.71. The van der Waals surface area contributed by atoms with Crippen LogP contribution in [0.25, 0.3) is 0 Å². The molecule has 3 rings (SSSR count). The number of aryl methyl sites for hydroxylation is 1. The Hall–Kier alpha value is -4.30. The Morgan fingerprint density at radius 3 is 1.44 bits per heavy atom. The largest absolute Gasteiger partial charge is 0.382 e. The second-order valence-electron chi connectivity index (χ2n) is 8.10. The van der Waals surface area contributed by atoms with Crippen molar-refractivity contribution in [2.24, 2.45) is 0 Å². The lowest BCUT2D eigenvalue weighted by atomic mass is 10.2. The predicted octanol–water partition coefficient (Wildman–Crippen LogP) is 4.74. The number of carbonyl (C=O) groups excluding carboxylic acids is 2. The van der Waals surface area contributed by atoms with Gasteiger partial charge in [-0.15, -0.1) is 0 Å². The van der Waals surface area contributed by atoms with Crippen molar-refractivity contribution in [1.29, 1.82) is 0 Å². The molecule has 14 heteroatoms. The van der Waals surface area contributed by atoms with Crippen molar-refractivity contribution in [3.05, 3.63) is 72.3 Å². The van der Waals surface area contributed by atoms with Crippen molar-refractivity contribution in [2.45, 2.75) is 20.8 Å². The van der Waals surface area contributed by atoms with Gasteiger partial charge >= 0.3 is 32.3 Å². The monoisotopic (exact) mass is 576 g/mol. The van der Waals surface area contributed by atoms with E-state index in [2.05, 4.69) is 21.3 Å². The molecule has 0 saturated carbocycles. The second kappa shape index (κ2) is 12.5. The number of hydrogen-bond acceptors (Lipinski definition) is 8. The number of nitrogens with one attached hydrogen (secondary N) is 4. The summed E-state index contributed by atoms with van der Waals surface area (Å²) in [4.78, 5) is 24.9. The maximum atomic E-state index is 12.5. The van der Waals surface area contributed by atoms with Gasteiger partial charge in [-0.2, -0.15) is 16.8 Å². The summed E-state index contributed by atoms with van der Waals surface area (Å²) in [5.41, 5.74) is 2.40. The molecule has 0 heterocycles. The first-order chi connectivity index (χ1) is 18.4. The van der Waals surface area contributed by atoms with Gasteiger partial charge in [0.15, 0.2) is 0 Å². The maximum absolute atomic E-state index is 12.5. The number of amides is 4. The first kappa shape index (κ1) is 29.3. The van der Waals surface area contributed by atoms with Crippen molar-refractivity contribution >= 4 is 55.0 Å². The Bertz CT molecular complexity index is 1540. The van der Waals surface area contributed by atoms with Crippen LogP contribution in [0.4, 0.5) is 32.3 Å². The van der Waals surface area contributed by atoms with E-state index in [1.165, 1.54) is 62.4 Å². The Morgan fingerprint density at radius 2 is 1.00 bits per heavy atom. The summed E-state index contributed by atoms with van der Waals surface area (Å²) in [7, 11) is -7.30. The Morgan fingerprint density at radius 1 is 0.615 bits per heavy atom. The van der Waals surface area contributed by atoms with E-state index in [1.807, 2.05) is 0 Å². The highest BCUT2D eigenvalue weighted by molar-refractivity contribution is 7.87. The van der Waals surface area contributed by atoms with Gasteiger partial charge in [0, 0.05) is 22.7 Å². The van der Waals surface area contributed by atoms with E-state index < -0.39 is 32.3 Å². The molecule has 0 atom stereocenters. The quantitative estimate of drug-likeness (QED) is 0.251. The molecule has 3 aromatic carbocycles. The third-order valence-corrected chi connectivity index (χ3v) is 7.43. The van der Waals surface area contributed by atoms with Gasteiger partial charge in [-0.05, 0) is 87.0 Å². The van der Waals surface area contributed by atoms with Crippen LogP contribution in [0.5, 0.6) is 11.5 Å². The van der Waals surface area contributed by atoms with Crippen molar-refractivity contribution < 1.29 is 34.8 Å². The van der Waals surface area contributed by atoms with E-state index in [1.54, 1.807) is 25.1 Å². The summed E-state index contributed by atoms with van der Waals surface area (Å²) in [6.07, 6.45) is 0. The molecule has 0 aliphatic rings. The van der Waals surface area contributed by atoms with Gasteiger partial charge < -0.3 is 29.6 Å². The Balaban J connectivity index is 1.57. The summed E-state index contributed by atoms with van der Waals surface area (Å²) < 4.78 is 56.0. The molecule has 12 nitrogen and oxygen atoms in total. The standard InChI is InChI=1S/C25H28N4O8S2/c1-4-38(32,33)36-21-12-8-18(9-13-21)26-24(30)28-20-7-6-17(3)23(16-20)29-25(31)27-19-10-14-22(15-11-19)37-39(34,35)5-2/h6-16H,4-5H2,1-3H3,(H2,26,28,30)(H2,27,29,31). The first-order valence-corrected chi connectivity index (χ1v) is 14.8. The van der Waals surface area contributed by atoms with Crippen LogP contribution in [-0.4, -0.2) is 40.4 Å². The first-order valence-electron chi connectivity index (χ1n) is 11.7. The van der Waals surface area contributed by atoms with Crippen LogP contribution in [0.2, 0.25) is 0 Å². The highest BCUT2D eigenvalue weighted by Gasteiger charge is 2.12. The highest BCUT2D eigenvalue weighted by atomic mass is 32.2. The van der Waals surface area contributed by atoms with E-state index in [-0.39, 0.29) is 23.0 Å². The molecule has 3 aromatic rings. The van der Waals surface area contributed by atoms with Crippen molar-refractivity contribution in [2.75, 3.05) is 32.8 Å². The molecular formula is C25H28N4O8S2. The van der Waals surface area contributed by atoms with Crippen LogP contribution in [0, 0.1) is 6.92 Å². The topological polar surface area (TPSA) is 169 Å². The van der Waals surface area contributed by atoms with Crippen LogP contribution < -0.4 is 29.6 Å². The van der Waals surface area contributed by atoms with E-state index in [0.29, 0.717) is 22.7 Å². The minimum absolute atomic E-state index is 0.129. The fraction of sp³-hybridized carbons (Fsp3) is 0.200. The van der Waals surface area contributed by atoms with Gasteiger partial charge in [0.2, 0.25) is 0 Å². The van der Waals surface area contributed by atoms with Crippen LogP contribution in [0.15, 0.2) is 66.7 Å². The molecule has 0 aliphatic carbocycles. The number of benzene rings is 3. The summed E-state index contributed by atoms with van der Waals surface area (Å²) in [5.74, 6) is -0.0749. The fourth-order valence-corrected chi connectivity index (χ4v) is 4.06. The zero-order chi connectivity index (χ0) is 28.6. The van der Waals surface area contributed by atoms with E-state index in [4.69, 9.17) is 8.37 Å². The Kier molecular flexibility index (Phi) is 9.37. The maximum Gasteiger partial charge on any atom is 0.323 e.